The highest BCUT2D eigenvalue weighted by molar-refractivity contribution is 5.33. The highest BCUT2D eigenvalue weighted by Crippen LogP contribution is 2.33. The van der Waals surface area contributed by atoms with Gasteiger partial charge in [0.2, 0.25) is 0 Å². The zero-order valence-electron chi connectivity index (χ0n) is 10.7. The van der Waals surface area contributed by atoms with Gasteiger partial charge in [0.15, 0.2) is 0 Å². The van der Waals surface area contributed by atoms with Crippen LogP contribution in [0.2, 0.25) is 0 Å². The van der Waals surface area contributed by atoms with Gasteiger partial charge in [0, 0.05) is 18.6 Å². The molecule has 2 heteroatoms. The highest BCUT2D eigenvalue weighted by atomic mass is 16.5. The second kappa shape index (κ2) is 6.18. The first-order valence-electron chi connectivity index (χ1n) is 6.74. The molecule has 2 nitrogen and oxygen atoms in total. The van der Waals surface area contributed by atoms with E-state index < -0.39 is 0 Å². The van der Waals surface area contributed by atoms with Crippen LogP contribution in [0.1, 0.15) is 43.2 Å². The van der Waals surface area contributed by atoms with Gasteiger partial charge in [-0.1, -0.05) is 31.2 Å². The third kappa shape index (κ3) is 3.08. The number of hydrogen-bond acceptors (Lipinski definition) is 2. The van der Waals surface area contributed by atoms with Gasteiger partial charge >= 0.3 is 0 Å². The van der Waals surface area contributed by atoms with Crippen molar-refractivity contribution >= 4 is 0 Å². The van der Waals surface area contributed by atoms with E-state index in [0.717, 1.165) is 13.0 Å². The van der Waals surface area contributed by atoms with E-state index in [-0.39, 0.29) is 6.04 Å². The largest absolute Gasteiger partial charge is 0.380 e. The van der Waals surface area contributed by atoms with Crippen molar-refractivity contribution in [3.8, 4) is 0 Å². The Bertz CT molecular complexity index is 351. The molecule has 2 rings (SSSR count). The lowest BCUT2D eigenvalue weighted by atomic mass is 9.79. The van der Waals surface area contributed by atoms with Crippen LogP contribution in [0.3, 0.4) is 0 Å². The van der Waals surface area contributed by atoms with E-state index in [1.54, 1.807) is 0 Å². The average Bonchev–Trinajstić information content (AvgIpc) is 2.38. The maximum atomic E-state index is 6.28. The minimum atomic E-state index is 0.142. The first kappa shape index (κ1) is 12.6. The van der Waals surface area contributed by atoms with Crippen LogP contribution in [0.25, 0.3) is 0 Å². The Kier molecular flexibility index (Phi) is 4.57. The second-order valence-electron chi connectivity index (χ2n) is 4.94. The third-order valence-corrected chi connectivity index (χ3v) is 3.59. The lowest BCUT2D eigenvalue weighted by Crippen LogP contribution is -2.35. The summed E-state index contributed by atoms with van der Waals surface area (Å²) in [4.78, 5) is 0. The molecule has 0 bridgehead atoms. The topological polar surface area (TPSA) is 35.2 Å². The predicted octanol–water partition coefficient (Wildman–Crippen LogP) is 2.86. The van der Waals surface area contributed by atoms with Crippen LogP contribution in [0.15, 0.2) is 24.3 Å². The molecule has 2 N–H and O–H groups in total. The van der Waals surface area contributed by atoms with Crippen LogP contribution < -0.4 is 5.73 Å². The number of hydrogen-bond donors (Lipinski definition) is 1. The monoisotopic (exact) mass is 233 g/mol. The van der Waals surface area contributed by atoms with E-state index in [4.69, 9.17) is 10.5 Å². The normalized spacial score (nSPS) is 20.9. The third-order valence-electron chi connectivity index (χ3n) is 3.59. The molecule has 0 spiro atoms. The van der Waals surface area contributed by atoms with Gasteiger partial charge in [-0.25, -0.2) is 0 Å². The van der Waals surface area contributed by atoms with Gasteiger partial charge in [-0.15, -0.1) is 0 Å². The zero-order chi connectivity index (χ0) is 12.1. The van der Waals surface area contributed by atoms with E-state index in [0.29, 0.717) is 12.5 Å². The molecule has 1 aromatic rings. The molecule has 0 saturated heterocycles. The van der Waals surface area contributed by atoms with Crippen molar-refractivity contribution in [2.45, 2.75) is 44.6 Å². The van der Waals surface area contributed by atoms with Gasteiger partial charge in [0.05, 0.1) is 6.61 Å². The minimum Gasteiger partial charge on any atom is -0.380 e. The number of rotatable bonds is 5. The van der Waals surface area contributed by atoms with Crippen LogP contribution in [0.5, 0.6) is 0 Å². The van der Waals surface area contributed by atoms with Gasteiger partial charge in [0.1, 0.15) is 0 Å². The number of benzene rings is 1. The second-order valence-corrected chi connectivity index (χ2v) is 4.94. The maximum Gasteiger partial charge on any atom is 0.0623 e. The molecule has 2 unspecified atom stereocenters. The number of fused-ring (bicyclic) bond motifs is 1. The molecule has 0 aromatic heterocycles. The Morgan fingerprint density at radius 1 is 1.41 bits per heavy atom. The molecule has 2 atom stereocenters. The quantitative estimate of drug-likeness (QED) is 0.794. The van der Waals surface area contributed by atoms with Crippen molar-refractivity contribution in [3.05, 3.63) is 35.4 Å². The smallest absolute Gasteiger partial charge is 0.0623 e. The fourth-order valence-electron chi connectivity index (χ4n) is 2.72. The van der Waals surface area contributed by atoms with Gasteiger partial charge in [-0.05, 0) is 36.8 Å². The standard InChI is InChI=1S/C15H23NO/c1-2-10-17-11-15(16)14-9-5-7-12-6-3-4-8-13(12)14/h3-4,6,8,14-15H,2,5,7,9-11,16H2,1H3. The molecule has 0 radical (unpaired) electrons. The van der Waals surface area contributed by atoms with Crippen LogP contribution in [0, 0.1) is 0 Å². The van der Waals surface area contributed by atoms with Crippen LogP contribution in [-0.2, 0) is 11.2 Å². The summed E-state index contributed by atoms with van der Waals surface area (Å²) in [6.45, 7) is 3.64. The van der Waals surface area contributed by atoms with Crippen molar-refractivity contribution in [1.29, 1.82) is 0 Å². The lowest BCUT2D eigenvalue weighted by molar-refractivity contribution is 0.113. The summed E-state index contributed by atoms with van der Waals surface area (Å²) in [7, 11) is 0. The number of aryl methyl sites for hydroxylation is 1. The Labute approximate surface area is 104 Å². The van der Waals surface area contributed by atoms with Crippen LogP contribution >= 0.6 is 0 Å². The van der Waals surface area contributed by atoms with E-state index in [2.05, 4.69) is 31.2 Å². The van der Waals surface area contributed by atoms with E-state index in [1.165, 1.54) is 30.4 Å². The van der Waals surface area contributed by atoms with Crippen molar-refractivity contribution in [3.63, 3.8) is 0 Å². The zero-order valence-corrected chi connectivity index (χ0v) is 10.7. The molecule has 0 saturated carbocycles. The fourth-order valence-corrected chi connectivity index (χ4v) is 2.72. The highest BCUT2D eigenvalue weighted by Gasteiger charge is 2.25. The molecular formula is C15H23NO. The fraction of sp³-hybridized carbons (Fsp3) is 0.600. The summed E-state index contributed by atoms with van der Waals surface area (Å²) in [5.41, 5.74) is 9.21. The van der Waals surface area contributed by atoms with Gasteiger partial charge in [-0.2, -0.15) is 0 Å². The minimum absolute atomic E-state index is 0.142. The molecule has 0 heterocycles. The molecule has 0 aliphatic heterocycles. The van der Waals surface area contributed by atoms with Crippen molar-refractivity contribution in [1.82, 2.24) is 0 Å². The molecule has 1 aliphatic rings. The van der Waals surface area contributed by atoms with Crippen LogP contribution in [-0.4, -0.2) is 19.3 Å². The van der Waals surface area contributed by atoms with Gasteiger partial charge < -0.3 is 10.5 Å². The van der Waals surface area contributed by atoms with Crippen molar-refractivity contribution in [2.75, 3.05) is 13.2 Å². The lowest BCUT2D eigenvalue weighted by Gasteiger charge is -2.30. The Balaban J connectivity index is 2.02. The molecule has 0 amide bonds. The molecule has 17 heavy (non-hydrogen) atoms. The van der Waals surface area contributed by atoms with Crippen molar-refractivity contribution in [2.24, 2.45) is 5.73 Å². The molecule has 1 aromatic carbocycles. The summed E-state index contributed by atoms with van der Waals surface area (Å²) < 4.78 is 5.59. The van der Waals surface area contributed by atoms with Gasteiger partial charge in [0.25, 0.3) is 0 Å². The first-order valence-corrected chi connectivity index (χ1v) is 6.74. The summed E-state index contributed by atoms with van der Waals surface area (Å²) in [5, 5.41) is 0. The summed E-state index contributed by atoms with van der Waals surface area (Å²) in [5.74, 6) is 0.483. The maximum absolute atomic E-state index is 6.28. The molecule has 94 valence electrons. The Morgan fingerprint density at radius 2 is 2.24 bits per heavy atom. The SMILES string of the molecule is CCCOCC(N)C1CCCc2ccccc21. The average molecular weight is 233 g/mol. The number of nitrogens with two attached hydrogens (primary N) is 1. The summed E-state index contributed by atoms with van der Waals surface area (Å²) in [6, 6.07) is 8.86. The summed E-state index contributed by atoms with van der Waals surface area (Å²) >= 11 is 0. The summed E-state index contributed by atoms with van der Waals surface area (Å²) in [6.07, 6.45) is 4.72. The molecule has 0 fully saturated rings. The molecule has 1 aliphatic carbocycles. The van der Waals surface area contributed by atoms with E-state index in [1.807, 2.05) is 0 Å². The Hall–Kier alpha value is -0.860. The number of ether oxygens (including phenoxy) is 1. The van der Waals surface area contributed by atoms with Crippen LogP contribution in [0.4, 0.5) is 0 Å². The van der Waals surface area contributed by atoms with E-state index in [9.17, 15) is 0 Å². The first-order chi connectivity index (χ1) is 8.33. The van der Waals surface area contributed by atoms with E-state index >= 15 is 0 Å². The Morgan fingerprint density at radius 3 is 3.06 bits per heavy atom. The molecular weight excluding hydrogens is 210 g/mol. The van der Waals surface area contributed by atoms with Gasteiger partial charge in [-0.3, -0.25) is 0 Å². The van der Waals surface area contributed by atoms with Crippen molar-refractivity contribution < 1.29 is 4.74 Å². The predicted molar refractivity (Wildman–Crippen MR) is 71.2 cm³/mol.